The number of carbonyl (C=O) groups excluding carboxylic acids is 1. The van der Waals surface area contributed by atoms with Crippen LogP contribution in [0, 0.1) is 6.92 Å². The molecule has 0 saturated carbocycles. The molecule has 0 radical (unpaired) electrons. The highest BCUT2D eigenvalue weighted by Crippen LogP contribution is 2.08. The van der Waals surface area contributed by atoms with Crippen molar-refractivity contribution < 1.29 is 19.1 Å². The normalized spacial score (nSPS) is 12.2. The van der Waals surface area contributed by atoms with Crippen LogP contribution in [0.25, 0.3) is 0 Å². The summed E-state index contributed by atoms with van der Waals surface area (Å²) in [5, 5.41) is 11.3. The summed E-state index contributed by atoms with van der Waals surface area (Å²) < 4.78 is 5.36. The summed E-state index contributed by atoms with van der Waals surface area (Å²) in [6.45, 7) is 3.69. The summed E-state index contributed by atoms with van der Waals surface area (Å²) in [6, 6.07) is 2.90. The molecule has 0 aliphatic carbocycles. The Hall–Kier alpha value is -1.82. The van der Waals surface area contributed by atoms with E-state index in [1.165, 1.54) is 11.8 Å². The lowest BCUT2D eigenvalue weighted by atomic mass is 10.3. The van der Waals surface area contributed by atoms with Crippen LogP contribution in [0.2, 0.25) is 0 Å². The van der Waals surface area contributed by atoms with Crippen molar-refractivity contribution in [2.24, 2.45) is 0 Å². The van der Waals surface area contributed by atoms with Gasteiger partial charge in [-0.2, -0.15) is 0 Å². The summed E-state index contributed by atoms with van der Waals surface area (Å²) >= 11 is 0. The average molecular weight is 254 g/mol. The minimum atomic E-state index is -0.980. The van der Waals surface area contributed by atoms with Crippen LogP contribution < -0.4 is 5.32 Å². The molecule has 1 unspecified atom stereocenters. The fourth-order valence-electron chi connectivity index (χ4n) is 1.35. The van der Waals surface area contributed by atoms with E-state index in [9.17, 15) is 9.59 Å². The molecule has 1 aromatic rings. The van der Waals surface area contributed by atoms with E-state index < -0.39 is 12.0 Å². The molecule has 100 valence electrons. The van der Waals surface area contributed by atoms with Gasteiger partial charge in [0.05, 0.1) is 13.1 Å². The quantitative estimate of drug-likeness (QED) is 0.777. The molecule has 0 bridgehead atoms. The second-order valence-electron chi connectivity index (χ2n) is 4.20. The third-order valence-corrected chi connectivity index (χ3v) is 2.54. The third kappa shape index (κ3) is 4.21. The second kappa shape index (κ2) is 6.20. The van der Waals surface area contributed by atoms with Gasteiger partial charge in [0.1, 0.15) is 17.6 Å². The standard InChI is InChI=1S/C12H18N2O4/c1-8-4-5-10(18-8)7-14(3)11(15)6-13-9(2)12(16)17/h4-5,9,13H,6-7H2,1-3H3,(H,16,17). The van der Waals surface area contributed by atoms with Gasteiger partial charge < -0.3 is 14.4 Å². The van der Waals surface area contributed by atoms with Gasteiger partial charge in [0.25, 0.3) is 0 Å². The first-order valence-corrected chi connectivity index (χ1v) is 5.65. The predicted molar refractivity (Wildman–Crippen MR) is 65.0 cm³/mol. The minimum Gasteiger partial charge on any atom is -0.480 e. The van der Waals surface area contributed by atoms with Gasteiger partial charge in [-0.25, -0.2) is 0 Å². The van der Waals surface area contributed by atoms with Gasteiger partial charge in [-0.05, 0) is 26.0 Å². The zero-order valence-corrected chi connectivity index (χ0v) is 10.8. The zero-order chi connectivity index (χ0) is 13.7. The van der Waals surface area contributed by atoms with Crippen LogP contribution in [0.3, 0.4) is 0 Å². The zero-order valence-electron chi connectivity index (χ0n) is 10.8. The molecule has 1 heterocycles. The maximum atomic E-state index is 11.7. The lowest BCUT2D eigenvalue weighted by Gasteiger charge is -2.17. The Kier molecular flexibility index (Phi) is 4.91. The van der Waals surface area contributed by atoms with Gasteiger partial charge in [0, 0.05) is 7.05 Å². The monoisotopic (exact) mass is 254 g/mol. The van der Waals surface area contributed by atoms with E-state index in [-0.39, 0.29) is 12.5 Å². The largest absolute Gasteiger partial charge is 0.480 e. The van der Waals surface area contributed by atoms with Crippen LogP contribution >= 0.6 is 0 Å². The number of nitrogens with zero attached hydrogens (tertiary/aromatic N) is 1. The molecule has 0 aliphatic heterocycles. The smallest absolute Gasteiger partial charge is 0.320 e. The second-order valence-corrected chi connectivity index (χ2v) is 4.20. The van der Waals surface area contributed by atoms with E-state index in [2.05, 4.69) is 5.32 Å². The molecule has 6 nitrogen and oxygen atoms in total. The highest BCUT2D eigenvalue weighted by Gasteiger charge is 2.15. The topological polar surface area (TPSA) is 82.8 Å². The van der Waals surface area contributed by atoms with Crippen LogP contribution in [0.5, 0.6) is 0 Å². The Morgan fingerprint density at radius 3 is 2.67 bits per heavy atom. The third-order valence-electron chi connectivity index (χ3n) is 2.54. The number of furan rings is 1. The molecular weight excluding hydrogens is 236 g/mol. The fraction of sp³-hybridized carbons (Fsp3) is 0.500. The van der Waals surface area contributed by atoms with E-state index in [0.717, 1.165) is 5.76 Å². The highest BCUT2D eigenvalue weighted by molar-refractivity contribution is 5.79. The number of carbonyl (C=O) groups is 2. The van der Waals surface area contributed by atoms with Crippen molar-refractivity contribution in [3.63, 3.8) is 0 Å². The number of aliphatic carboxylic acids is 1. The van der Waals surface area contributed by atoms with Crippen LogP contribution in [-0.2, 0) is 16.1 Å². The summed E-state index contributed by atoms with van der Waals surface area (Å²) in [7, 11) is 1.65. The Morgan fingerprint density at radius 2 is 2.17 bits per heavy atom. The SMILES string of the molecule is Cc1ccc(CN(C)C(=O)CNC(C)C(=O)O)o1. The maximum absolute atomic E-state index is 11.7. The number of rotatable bonds is 6. The van der Waals surface area contributed by atoms with Crippen molar-refractivity contribution in [3.8, 4) is 0 Å². The van der Waals surface area contributed by atoms with E-state index in [0.29, 0.717) is 12.3 Å². The number of likely N-dealkylation sites (N-methyl/N-ethyl adjacent to an activating group) is 1. The Labute approximate surface area is 106 Å². The van der Waals surface area contributed by atoms with Crippen molar-refractivity contribution in [3.05, 3.63) is 23.7 Å². The summed E-state index contributed by atoms with van der Waals surface area (Å²) in [5.41, 5.74) is 0. The van der Waals surface area contributed by atoms with Gasteiger partial charge in [-0.3, -0.25) is 14.9 Å². The van der Waals surface area contributed by atoms with Gasteiger partial charge in [-0.1, -0.05) is 0 Å². The van der Waals surface area contributed by atoms with Crippen LogP contribution in [-0.4, -0.2) is 41.5 Å². The number of amides is 1. The number of carboxylic acid groups (broad SMARTS) is 1. The van der Waals surface area contributed by atoms with Crippen molar-refractivity contribution in [1.82, 2.24) is 10.2 Å². The van der Waals surface area contributed by atoms with E-state index in [1.807, 2.05) is 19.1 Å². The van der Waals surface area contributed by atoms with Crippen LogP contribution in [0.1, 0.15) is 18.4 Å². The van der Waals surface area contributed by atoms with Gasteiger partial charge in [-0.15, -0.1) is 0 Å². The Morgan fingerprint density at radius 1 is 1.50 bits per heavy atom. The lowest BCUT2D eigenvalue weighted by molar-refractivity contribution is -0.139. The van der Waals surface area contributed by atoms with Gasteiger partial charge >= 0.3 is 5.97 Å². The first kappa shape index (κ1) is 14.2. The first-order valence-electron chi connectivity index (χ1n) is 5.65. The maximum Gasteiger partial charge on any atom is 0.320 e. The molecule has 0 aliphatic rings. The Balaban J connectivity index is 2.39. The molecule has 1 amide bonds. The van der Waals surface area contributed by atoms with E-state index >= 15 is 0 Å². The van der Waals surface area contributed by atoms with E-state index in [4.69, 9.17) is 9.52 Å². The molecule has 0 spiro atoms. The number of aryl methyl sites for hydroxylation is 1. The van der Waals surface area contributed by atoms with Gasteiger partial charge in [0.15, 0.2) is 0 Å². The molecule has 1 rings (SSSR count). The number of carboxylic acids is 1. The number of hydrogen-bond acceptors (Lipinski definition) is 4. The summed E-state index contributed by atoms with van der Waals surface area (Å²) in [6.07, 6.45) is 0. The molecule has 0 aromatic carbocycles. The first-order chi connectivity index (χ1) is 8.40. The molecule has 6 heteroatoms. The molecule has 0 saturated heterocycles. The molecule has 0 fully saturated rings. The summed E-state index contributed by atoms with van der Waals surface area (Å²) in [4.78, 5) is 23.8. The van der Waals surface area contributed by atoms with Crippen molar-refractivity contribution in [2.45, 2.75) is 26.4 Å². The average Bonchev–Trinajstić information content (AvgIpc) is 2.70. The molecule has 1 atom stereocenters. The molecule has 18 heavy (non-hydrogen) atoms. The molecule has 1 aromatic heterocycles. The number of hydrogen-bond donors (Lipinski definition) is 2. The highest BCUT2D eigenvalue weighted by atomic mass is 16.4. The minimum absolute atomic E-state index is 0.0103. The van der Waals surface area contributed by atoms with Crippen LogP contribution in [0.4, 0.5) is 0 Å². The molecular formula is C12H18N2O4. The number of nitrogens with one attached hydrogen (secondary N) is 1. The fourth-order valence-corrected chi connectivity index (χ4v) is 1.35. The van der Waals surface area contributed by atoms with Crippen molar-refractivity contribution >= 4 is 11.9 Å². The van der Waals surface area contributed by atoms with Crippen molar-refractivity contribution in [1.29, 1.82) is 0 Å². The predicted octanol–water partition coefficient (Wildman–Crippen LogP) is 0.609. The van der Waals surface area contributed by atoms with Crippen LogP contribution in [0.15, 0.2) is 16.5 Å². The summed E-state index contributed by atoms with van der Waals surface area (Å²) in [5.74, 6) is 0.336. The van der Waals surface area contributed by atoms with Gasteiger partial charge in [0.2, 0.25) is 5.91 Å². The Bertz CT molecular complexity index is 427. The lowest BCUT2D eigenvalue weighted by Crippen LogP contribution is -2.41. The molecule has 2 N–H and O–H groups in total. The van der Waals surface area contributed by atoms with Crippen molar-refractivity contribution in [2.75, 3.05) is 13.6 Å². The van der Waals surface area contributed by atoms with E-state index in [1.54, 1.807) is 7.05 Å².